The normalized spacial score (nSPS) is 14.3. The van der Waals surface area contributed by atoms with Gasteiger partial charge in [-0.3, -0.25) is 4.57 Å². The molecule has 0 fully saturated rings. The first kappa shape index (κ1) is 17.2. The zero-order valence-corrected chi connectivity index (χ0v) is 15.1. The maximum Gasteiger partial charge on any atom is 0.586 e. The lowest BCUT2D eigenvalue weighted by molar-refractivity contribution is -0.286. The van der Waals surface area contributed by atoms with E-state index in [1.807, 2.05) is 31.2 Å². The van der Waals surface area contributed by atoms with Gasteiger partial charge in [0.05, 0.1) is 11.0 Å². The highest BCUT2D eigenvalue weighted by molar-refractivity contribution is 5.77. The van der Waals surface area contributed by atoms with Crippen LogP contribution in [0.1, 0.15) is 5.82 Å². The number of rotatable bonds is 3. The number of fused-ring (bicyclic) bond motifs is 2. The Kier molecular flexibility index (Phi) is 3.57. The monoisotopic (exact) mass is 396 g/mol. The highest BCUT2D eigenvalue weighted by Gasteiger charge is 2.43. The first-order valence-corrected chi connectivity index (χ1v) is 8.64. The molecule has 8 nitrogen and oxygen atoms in total. The molecule has 2 aromatic heterocycles. The predicted octanol–water partition coefficient (Wildman–Crippen LogP) is 3.77. The summed E-state index contributed by atoms with van der Waals surface area (Å²) >= 11 is 0. The van der Waals surface area contributed by atoms with Gasteiger partial charge in [0, 0.05) is 17.8 Å². The molecular formula is C19H14F2N6O2. The van der Waals surface area contributed by atoms with E-state index in [9.17, 15) is 8.78 Å². The van der Waals surface area contributed by atoms with Crippen LogP contribution in [0.15, 0.2) is 48.5 Å². The fourth-order valence-corrected chi connectivity index (χ4v) is 3.19. The molecule has 2 aromatic carbocycles. The number of aryl methyl sites for hydroxylation is 1. The van der Waals surface area contributed by atoms with E-state index in [0.29, 0.717) is 23.3 Å². The Bertz CT molecular complexity index is 1260. The van der Waals surface area contributed by atoms with Crippen LogP contribution in [-0.2, 0) is 0 Å². The number of alkyl halides is 2. The summed E-state index contributed by atoms with van der Waals surface area (Å²) in [6.07, 6.45) is -3.67. The third-order valence-corrected chi connectivity index (χ3v) is 4.34. The molecule has 5 rings (SSSR count). The smallest absolute Gasteiger partial charge is 0.395 e. The van der Waals surface area contributed by atoms with Crippen LogP contribution in [0.25, 0.3) is 17.0 Å². The van der Waals surface area contributed by atoms with E-state index < -0.39 is 6.29 Å². The summed E-state index contributed by atoms with van der Waals surface area (Å²) in [5.74, 6) is 1.55. The van der Waals surface area contributed by atoms with Crippen molar-refractivity contribution in [3.8, 4) is 17.4 Å². The molecule has 1 aliphatic heterocycles. The van der Waals surface area contributed by atoms with Gasteiger partial charge in [-0.1, -0.05) is 12.1 Å². The van der Waals surface area contributed by atoms with Crippen molar-refractivity contribution in [2.45, 2.75) is 13.2 Å². The van der Waals surface area contributed by atoms with Gasteiger partial charge in [0.2, 0.25) is 5.95 Å². The zero-order chi connectivity index (χ0) is 20.2. The van der Waals surface area contributed by atoms with Crippen molar-refractivity contribution in [2.75, 3.05) is 11.1 Å². The SMILES string of the molecule is Cc1nc2ccccc2n1-c1nc(N)cc(Nc2ccc3c(c2)OC(F)(F)O3)n1. The molecule has 0 aliphatic carbocycles. The second-order valence-corrected chi connectivity index (χ2v) is 6.42. The van der Waals surface area contributed by atoms with Gasteiger partial charge in [-0.2, -0.15) is 9.97 Å². The number of imidazole rings is 1. The number of nitrogens with two attached hydrogens (primary N) is 1. The Hall–Kier alpha value is -3.95. The second-order valence-electron chi connectivity index (χ2n) is 6.42. The Balaban J connectivity index is 1.52. The minimum Gasteiger partial charge on any atom is -0.395 e. The van der Waals surface area contributed by atoms with Gasteiger partial charge < -0.3 is 20.5 Å². The average Bonchev–Trinajstić information content (AvgIpc) is 3.14. The maximum atomic E-state index is 13.2. The quantitative estimate of drug-likeness (QED) is 0.544. The molecule has 0 radical (unpaired) electrons. The summed E-state index contributed by atoms with van der Waals surface area (Å²) in [5, 5.41) is 3.03. The number of benzene rings is 2. The number of halogens is 2. The third kappa shape index (κ3) is 3.04. The lowest BCUT2D eigenvalue weighted by Gasteiger charge is -2.10. The van der Waals surface area contributed by atoms with E-state index in [-0.39, 0.29) is 17.3 Å². The molecule has 4 aromatic rings. The van der Waals surface area contributed by atoms with Gasteiger partial charge in [0.25, 0.3) is 0 Å². The van der Waals surface area contributed by atoms with Gasteiger partial charge in [-0.25, -0.2) is 4.98 Å². The van der Waals surface area contributed by atoms with E-state index in [2.05, 4.69) is 29.7 Å². The predicted molar refractivity (Wildman–Crippen MR) is 102 cm³/mol. The number of anilines is 3. The van der Waals surface area contributed by atoms with Crippen molar-refractivity contribution in [2.24, 2.45) is 0 Å². The Morgan fingerprint density at radius 1 is 1.00 bits per heavy atom. The molecule has 0 unspecified atom stereocenters. The van der Waals surface area contributed by atoms with Crippen LogP contribution in [0.3, 0.4) is 0 Å². The molecule has 1 aliphatic rings. The summed E-state index contributed by atoms with van der Waals surface area (Å²) in [5.41, 5.74) is 8.09. The summed E-state index contributed by atoms with van der Waals surface area (Å²) in [4.78, 5) is 13.3. The zero-order valence-electron chi connectivity index (χ0n) is 15.1. The Morgan fingerprint density at radius 2 is 1.79 bits per heavy atom. The van der Waals surface area contributed by atoms with E-state index in [1.54, 1.807) is 10.6 Å². The third-order valence-electron chi connectivity index (χ3n) is 4.34. The van der Waals surface area contributed by atoms with Crippen LogP contribution in [0.4, 0.5) is 26.1 Å². The van der Waals surface area contributed by atoms with Crippen LogP contribution in [0.2, 0.25) is 0 Å². The summed E-state index contributed by atoms with van der Waals surface area (Å²) in [6.45, 7) is 1.84. The van der Waals surface area contributed by atoms with Gasteiger partial charge in [-0.15, -0.1) is 8.78 Å². The number of aromatic nitrogens is 4. The molecule has 3 heterocycles. The molecule has 0 bridgehead atoms. The van der Waals surface area contributed by atoms with Crippen LogP contribution in [0, 0.1) is 6.92 Å². The minimum absolute atomic E-state index is 0.0380. The van der Waals surface area contributed by atoms with E-state index >= 15 is 0 Å². The summed E-state index contributed by atoms with van der Waals surface area (Å²) < 4.78 is 37.1. The molecule has 0 saturated heterocycles. The largest absolute Gasteiger partial charge is 0.586 e. The number of nitrogen functional groups attached to an aromatic ring is 1. The number of hydrogen-bond donors (Lipinski definition) is 2. The van der Waals surface area contributed by atoms with Crippen molar-refractivity contribution in [1.29, 1.82) is 0 Å². The second kappa shape index (κ2) is 6.03. The average molecular weight is 396 g/mol. The Morgan fingerprint density at radius 3 is 2.66 bits per heavy atom. The maximum absolute atomic E-state index is 13.2. The highest BCUT2D eigenvalue weighted by atomic mass is 19.3. The number of para-hydroxylation sites is 2. The van der Waals surface area contributed by atoms with Gasteiger partial charge >= 0.3 is 6.29 Å². The van der Waals surface area contributed by atoms with Crippen molar-refractivity contribution in [1.82, 2.24) is 19.5 Å². The lowest BCUT2D eigenvalue weighted by atomic mass is 10.3. The summed E-state index contributed by atoms with van der Waals surface area (Å²) in [6, 6.07) is 13.5. The number of ether oxygens (including phenoxy) is 2. The highest BCUT2D eigenvalue weighted by Crippen LogP contribution is 2.42. The minimum atomic E-state index is -3.67. The Labute approximate surface area is 162 Å². The first-order chi connectivity index (χ1) is 13.9. The van der Waals surface area contributed by atoms with Crippen LogP contribution < -0.4 is 20.5 Å². The van der Waals surface area contributed by atoms with Gasteiger partial charge in [0.1, 0.15) is 17.5 Å². The number of nitrogens with zero attached hydrogens (tertiary/aromatic N) is 4. The van der Waals surface area contributed by atoms with E-state index in [1.165, 1.54) is 18.2 Å². The van der Waals surface area contributed by atoms with Crippen LogP contribution in [0.5, 0.6) is 11.5 Å². The van der Waals surface area contributed by atoms with Crippen LogP contribution in [-0.4, -0.2) is 25.8 Å². The molecule has 0 saturated carbocycles. The van der Waals surface area contributed by atoms with Gasteiger partial charge in [-0.05, 0) is 31.2 Å². The molecular weight excluding hydrogens is 382 g/mol. The topological polar surface area (TPSA) is 100 Å². The number of nitrogens with one attached hydrogen (secondary N) is 1. The van der Waals surface area contributed by atoms with Crippen LogP contribution >= 0.6 is 0 Å². The molecule has 29 heavy (non-hydrogen) atoms. The van der Waals surface area contributed by atoms with Crippen molar-refractivity contribution in [3.63, 3.8) is 0 Å². The van der Waals surface area contributed by atoms with Crippen molar-refractivity contribution in [3.05, 3.63) is 54.4 Å². The van der Waals surface area contributed by atoms with Crippen molar-refractivity contribution < 1.29 is 18.3 Å². The van der Waals surface area contributed by atoms with Gasteiger partial charge in [0.15, 0.2) is 11.5 Å². The molecule has 0 atom stereocenters. The molecule has 146 valence electrons. The number of hydrogen-bond acceptors (Lipinski definition) is 7. The fraction of sp³-hybridized carbons (Fsp3) is 0.105. The summed E-state index contributed by atoms with van der Waals surface area (Å²) in [7, 11) is 0. The first-order valence-electron chi connectivity index (χ1n) is 8.64. The van der Waals surface area contributed by atoms with E-state index in [0.717, 1.165) is 11.0 Å². The molecule has 10 heteroatoms. The van der Waals surface area contributed by atoms with E-state index in [4.69, 9.17) is 5.73 Å². The fourth-order valence-electron chi connectivity index (χ4n) is 3.19. The molecule has 0 spiro atoms. The molecule has 3 N–H and O–H groups in total. The molecule has 0 amide bonds. The standard InChI is InChI=1S/C19H14F2N6O2/c1-10-23-12-4-2-3-5-13(12)27(10)18-25-16(22)9-17(26-18)24-11-6-7-14-15(8-11)29-19(20,21)28-14/h2-9H,1H3,(H3,22,24,25,26). The lowest BCUT2D eigenvalue weighted by Crippen LogP contribution is -2.25. The van der Waals surface area contributed by atoms with Crippen molar-refractivity contribution >= 4 is 28.4 Å².